The summed E-state index contributed by atoms with van der Waals surface area (Å²) in [6.45, 7) is 26.3. The van der Waals surface area contributed by atoms with Crippen LogP contribution < -0.4 is 0 Å². The van der Waals surface area contributed by atoms with Crippen molar-refractivity contribution in [2.75, 3.05) is 0 Å². The van der Waals surface area contributed by atoms with Crippen molar-refractivity contribution < 1.29 is 0 Å². The lowest BCUT2D eigenvalue weighted by Gasteiger charge is -2.23. The van der Waals surface area contributed by atoms with Gasteiger partial charge in [-0.15, -0.1) is 0 Å². The normalized spacial score (nSPS) is 14.8. The average Bonchev–Trinajstić information content (AvgIpc) is 1.56. The summed E-state index contributed by atoms with van der Waals surface area (Å²) < 4.78 is 10.0. The van der Waals surface area contributed by atoms with Gasteiger partial charge in [0, 0.05) is 129 Å². The molecule has 0 atom stereocenters. The van der Waals surface area contributed by atoms with Crippen LogP contribution in [0.2, 0.25) is 0 Å². The van der Waals surface area contributed by atoms with Crippen molar-refractivity contribution in [3.05, 3.63) is 409 Å². The van der Waals surface area contributed by atoms with E-state index >= 15 is 0 Å². The molecule has 25 rings (SSSR count). The zero-order valence-corrected chi connectivity index (χ0v) is 71.2. The molecule has 7 heterocycles. The molecule has 594 valence electrons. The molecule has 0 saturated carbocycles. The molecule has 14 aromatic carbocycles. The Kier molecular flexibility index (Phi) is 15.2. The highest BCUT2D eigenvalue weighted by Gasteiger charge is 2.42. The number of aromatic nitrogens is 8. The lowest BCUT2D eigenvalue weighted by atomic mass is 9.82. The zero-order valence-electron chi connectivity index (χ0n) is 71.2. The largest absolute Gasteiger partial charge is 0.309 e. The Balaban J connectivity index is 0.710. The number of nitrogens with zero attached hydrogens (tertiary/aromatic N) is 8. The standard InChI is InChI=1S/C117H86N8/c1-68(48-50-101(122-102-44-26-18-36-76(102)85-57-80-72-32-14-22-40-91(72)114(3,4)95(80)61-109(85)122)69(2)89-66-118-54-52-107(89)124-104-46-28-20-38-78(104)87-59-82-74-34-16-24-42-93(74)116(7,8)97(82)63-111(87)124)113-120-99(70-30-12-11-13-31-70)65-100(121-113)71-49-51-106(123-103-45-27-19-37-77(103)86-58-81-73-33-15-23-41-92(73)115(5,6)96(81)62-110(86)123)84(56-71)90-67-119-55-53-108(90)125-105-47-29-21-39-79(105)88-60-83-75-35-17-25-43-94(75)117(9,10)98(83)64-112(88)125/h11-67H,1H2,2-10H3/b50-48-,101-69-. The molecule has 4 aliphatic carbocycles. The number of rotatable bonds is 11. The Hall–Kier alpha value is -15.1. The first-order chi connectivity index (χ1) is 60.9. The predicted molar refractivity (Wildman–Crippen MR) is 520 cm³/mol. The molecule has 7 aromatic heterocycles. The monoisotopic (exact) mass is 1600 g/mol. The van der Waals surface area contributed by atoms with E-state index in [4.69, 9.17) is 26.5 Å². The van der Waals surface area contributed by atoms with Gasteiger partial charge >= 0.3 is 0 Å². The third-order valence-corrected chi connectivity index (χ3v) is 29.0. The number of benzene rings is 14. The topological polar surface area (TPSA) is 71.3 Å². The number of hydrogen-bond acceptors (Lipinski definition) is 4. The van der Waals surface area contributed by atoms with Crippen molar-refractivity contribution in [1.82, 2.24) is 38.2 Å². The second-order valence-corrected chi connectivity index (χ2v) is 37.0. The van der Waals surface area contributed by atoms with Crippen molar-refractivity contribution in [3.8, 4) is 95.2 Å². The highest BCUT2D eigenvalue weighted by Crippen LogP contribution is 2.58. The number of para-hydroxylation sites is 4. The summed E-state index contributed by atoms with van der Waals surface area (Å²) in [5.41, 5.74) is 40.8. The Morgan fingerprint density at radius 1 is 0.280 bits per heavy atom. The van der Waals surface area contributed by atoms with Gasteiger partial charge < -0.3 is 18.3 Å². The van der Waals surface area contributed by atoms with Crippen LogP contribution in [-0.2, 0) is 21.7 Å². The fourth-order valence-electron chi connectivity index (χ4n) is 22.7. The van der Waals surface area contributed by atoms with E-state index in [1.54, 1.807) is 0 Å². The molecular formula is C117H86N8. The second kappa shape index (κ2) is 26.2. The van der Waals surface area contributed by atoms with Gasteiger partial charge in [0.2, 0.25) is 0 Å². The highest BCUT2D eigenvalue weighted by molar-refractivity contribution is 6.18. The Morgan fingerprint density at radius 3 is 1.12 bits per heavy atom. The second-order valence-electron chi connectivity index (χ2n) is 37.0. The summed E-state index contributed by atoms with van der Waals surface area (Å²) in [4.78, 5) is 21.6. The Morgan fingerprint density at radius 2 is 0.648 bits per heavy atom. The zero-order chi connectivity index (χ0) is 84.0. The molecule has 0 fully saturated rings. The lowest BCUT2D eigenvalue weighted by molar-refractivity contribution is 0.661. The van der Waals surface area contributed by atoms with E-state index in [1.165, 1.54) is 127 Å². The van der Waals surface area contributed by atoms with E-state index in [1.807, 2.05) is 12.4 Å². The lowest BCUT2D eigenvalue weighted by Crippen LogP contribution is -2.15. The van der Waals surface area contributed by atoms with Crippen LogP contribution >= 0.6 is 0 Å². The van der Waals surface area contributed by atoms with E-state index < -0.39 is 0 Å². The fraction of sp³-hybridized carbons (Fsp3) is 0.111. The maximum atomic E-state index is 5.80. The molecule has 0 aliphatic heterocycles. The van der Waals surface area contributed by atoms with Crippen molar-refractivity contribution in [3.63, 3.8) is 0 Å². The van der Waals surface area contributed by atoms with Gasteiger partial charge in [-0.2, -0.15) is 0 Å². The van der Waals surface area contributed by atoms with Gasteiger partial charge in [0.15, 0.2) is 5.82 Å². The Bertz CT molecular complexity index is 8440. The number of allylic oxidation sites excluding steroid dienone is 5. The molecule has 0 bridgehead atoms. The van der Waals surface area contributed by atoms with Crippen LogP contribution in [0.15, 0.2) is 353 Å². The van der Waals surface area contributed by atoms with Gasteiger partial charge in [0.25, 0.3) is 0 Å². The molecular weight excluding hydrogens is 1520 g/mol. The van der Waals surface area contributed by atoms with E-state index in [2.05, 4.69) is 415 Å². The molecule has 0 spiro atoms. The van der Waals surface area contributed by atoms with E-state index in [0.29, 0.717) is 11.4 Å². The average molecular weight is 1600 g/mol. The van der Waals surface area contributed by atoms with E-state index in [-0.39, 0.29) is 21.7 Å². The molecule has 8 heteroatoms. The van der Waals surface area contributed by atoms with Crippen LogP contribution in [0, 0.1) is 0 Å². The molecule has 0 amide bonds. The first kappa shape index (κ1) is 72.7. The van der Waals surface area contributed by atoms with Crippen LogP contribution in [0.5, 0.6) is 0 Å². The van der Waals surface area contributed by atoms with Crippen LogP contribution in [0.4, 0.5) is 0 Å². The third-order valence-electron chi connectivity index (χ3n) is 29.0. The highest BCUT2D eigenvalue weighted by atomic mass is 15.0. The number of hydrogen-bond donors (Lipinski definition) is 0. The summed E-state index contributed by atoms with van der Waals surface area (Å²) in [7, 11) is 0. The quantitative estimate of drug-likeness (QED) is 0.121. The Labute approximate surface area is 725 Å². The minimum absolute atomic E-state index is 0.224. The van der Waals surface area contributed by atoms with Crippen molar-refractivity contribution >= 4 is 104 Å². The third kappa shape index (κ3) is 10.2. The van der Waals surface area contributed by atoms with Crippen molar-refractivity contribution in [2.24, 2.45) is 0 Å². The minimum atomic E-state index is -0.275. The smallest absolute Gasteiger partial charge is 0.159 e. The van der Waals surface area contributed by atoms with Gasteiger partial charge in [-0.25, -0.2) is 9.97 Å². The van der Waals surface area contributed by atoms with Gasteiger partial charge in [-0.3, -0.25) is 9.97 Å². The maximum Gasteiger partial charge on any atom is 0.159 e. The molecule has 0 saturated heterocycles. The molecule has 0 unspecified atom stereocenters. The van der Waals surface area contributed by atoms with Crippen LogP contribution in [-0.4, -0.2) is 38.2 Å². The molecule has 8 nitrogen and oxygen atoms in total. The van der Waals surface area contributed by atoms with Gasteiger partial charge in [-0.05, 0) is 217 Å². The molecule has 125 heavy (non-hydrogen) atoms. The fourth-order valence-corrected chi connectivity index (χ4v) is 22.7. The minimum Gasteiger partial charge on any atom is -0.309 e. The molecule has 21 aromatic rings. The predicted octanol–water partition coefficient (Wildman–Crippen LogP) is 29.5. The summed E-state index contributed by atoms with van der Waals surface area (Å²) >= 11 is 0. The number of fused-ring (bicyclic) bond motifs is 24. The first-order valence-corrected chi connectivity index (χ1v) is 43.7. The van der Waals surface area contributed by atoms with Gasteiger partial charge in [-0.1, -0.05) is 268 Å². The van der Waals surface area contributed by atoms with Crippen molar-refractivity contribution in [2.45, 2.75) is 84.0 Å². The van der Waals surface area contributed by atoms with E-state index in [9.17, 15) is 0 Å². The molecule has 4 aliphatic rings. The summed E-state index contributed by atoms with van der Waals surface area (Å²) in [6.07, 6.45) is 12.5. The van der Waals surface area contributed by atoms with E-state index in [0.717, 1.165) is 117 Å². The first-order valence-electron chi connectivity index (χ1n) is 43.7. The maximum absolute atomic E-state index is 5.80. The van der Waals surface area contributed by atoms with Gasteiger partial charge in [0.05, 0.1) is 72.6 Å². The summed E-state index contributed by atoms with van der Waals surface area (Å²) in [5, 5.41) is 9.50. The van der Waals surface area contributed by atoms with Crippen LogP contribution in [0.25, 0.3) is 199 Å². The number of pyridine rings is 2. The van der Waals surface area contributed by atoms with Crippen LogP contribution in [0.3, 0.4) is 0 Å². The molecule has 0 N–H and O–H groups in total. The molecule has 0 radical (unpaired) electrons. The van der Waals surface area contributed by atoms with Crippen LogP contribution in [0.1, 0.15) is 118 Å². The summed E-state index contributed by atoms with van der Waals surface area (Å²) in [5.74, 6) is 0.495. The van der Waals surface area contributed by atoms with Gasteiger partial charge in [0.1, 0.15) is 0 Å². The van der Waals surface area contributed by atoms with Crippen molar-refractivity contribution in [1.29, 1.82) is 0 Å². The summed E-state index contributed by atoms with van der Waals surface area (Å²) in [6, 6.07) is 115. The SMILES string of the molecule is C=C(/C=C\C(=C(/C)c1cnccc1-n1c2ccccc2c2cc3c(cc21)C(C)(C)c1ccccc1-3)n1c2ccccc2c2cc3c(cc21)C(C)(C)c1ccccc1-3)c1nc(-c2ccccc2)cc(-c2ccc(-n3c4ccccc4c4cc5c(cc43)C(C)(C)c3ccccc3-5)c(-c3cnccc3-n3c4ccccc4c4cc5c(cc43)C(C)(C)c3ccccc3-5)c2)n1.